The van der Waals surface area contributed by atoms with Gasteiger partial charge in [-0.05, 0) is 18.1 Å². The number of nitro groups is 1. The lowest BCUT2D eigenvalue weighted by Crippen LogP contribution is -2.34. The molecule has 0 radical (unpaired) electrons. The molecule has 1 aliphatic heterocycles. The highest BCUT2D eigenvalue weighted by Gasteiger charge is 2.44. The van der Waals surface area contributed by atoms with Crippen LogP contribution in [0.3, 0.4) is 0 Å². The van der Waals surface area contributed by atoms with Crippen LogP contribution in [0.25, 0.3) is 0 Å². The van der Waals surface area contributed by atoms with E-state index in [2.05, 4.69) is 5.10 Å². The molecule has 144 valence electrons. The van der Waals surface area contributed by atoms with Gasteiger partial charge in [0.15, 0.2) is 0 Å². The molecular weight excluding hydrogens is 370 g/mol. The second-order valence-corrected chi connectivity index (χ2v) is 6.71. The summed E-state index contributed by atoms with van der Waals surface area (Å²) >= 11 is 0. The van der Waals surface area contributed by atoms with Gasteiger partial charge in [-0.2, -0.15) is 15.6 Å². The molecule has 0 bridgehead atoms. The van der Waals surface area contributed by atoms with Gasteiger partial charge in [0.05, 0.1) is 29.5 Å². The van der Waals surface area contributed by atoms with E-state index in [9.17, 15) is 25.4 Å². The van der Waals surface area contributed by atoms with Gasteiger partial charge in [0.25, 0.3) is 11.6 Å². The Bertz CT molecular complexity index is 1040. The molecule has 3 rings (SSSR count). The number of carbonyl (C=O) groups excluding carboxylic acids is 1. The zero-order chi connectivity index (χ0) is 21.0. The Labute approximate surface area is 167 Å². The molecule has 2 aromatic rings. The molecule has 1 aliphatic rings. The van der Waals surface area contributed by atoms with Crippen LogP contribution in [-0.4, -0.2) is 21.6 Å². The topological polar surface area (TPSA) is 123 Å². The van der Waals surface area contributed by atoms with Crippen molar-refractivity contribution >= 4 is 17.3 Å². The van der Waals surface area contributed by atoms with Crippen LogP contribution in [-0.2, 0) is 11.3 Å². The van der Waals surface area contributed by atoms with E-state index >= 15 is 0 Å². The Morgan fingerprint density at radius 2 is 1.86 bits per heavy atom. The van der Waals surface area contributed by atoms with Crippen molar-refractivity contribution < 1.29 is 9.72 Å². The Morgan fingerprint density at radius 3 is 2.48 bits per heavy atom. The van der Waals surface area contributed by atoms with Gasteiger partial charge >= 0.3 is 0 Å². The fraction of sp³-hybridized carbons (Fsp3) is 0.238. The van der Waals surface area contributed by atoms with Crippen molar-refractivity contribution in [3.8, 4) is 12.1 Å². The average molecular weight is 387 g/mol. The summed E-state index contributed by atoms with van der Waals surface area (Å²) in [5.41, 5.74) is 1.59. The number of hydrogen-bond acceptors (Lipinski definition) is 6. The SMILES string of the molecule is CC1=NN(Cc2ccccc2)C(=O)[C@@H]1[C@H](c1cccc([N+](=O)[O-])c1)C(C#N)C#N. The van der Waals surface area contributed by atoms with Crippen LogP contribution in [0.5, 0.6) is 0 Å². The first-order valence-corrected chi connectivity index (χ1v) is 8.90. The van der Waals surface area contributed by atoms with Crippen LogP contribution in [0.15, 0.2) is 59.7 Å². The van der Waals surface area contributed by atoms with Crippen molar-refractivity contribution in [2.24, 2.45) is 16.9 Å². The molecule has 0 aliphatic carbocycles. The highest BCUT2D eigenvalue weighted by atomic mass is 16.6. The van der Waals surface area contributed by atoms with Crippen LogP contribution < -0.4 is 0 Å². The third kappa shape index (κ3) is 3.97. The molecule has 0 saturated heterocycles. The van der Waals surface area contributed by atoms with E-state index in [4.69, 9.17) is 0 Å². The van der Waals surface area contributed by atoms with Crippen molar-refractivity contribution in [1.29, 1.82) is 10.5 Å². The van der Waals surface area contributed by atoms with Gasteiger partial charge in [-0.25, -0.2) is 5.01 Å². The molecule has 8 heteroatoms. The summed E-state index contributed by atoms with van der Waals surface area (Å²) in [5.74, 6) is -3.20. The maximum absolute atomic E-state index is 13.1. The first kappa shape index (κ1) is 19.7. The second kappa shape index (κ2) is 8.32. The fourth-order valence-corrected chi connectivity index (χ4v) is 3.54. The van der Waals surface area contributed by atoms with Gasteiger partial charge in [-0.15, -0.1) is 0 Å². The zero-order valence-electron chi connectivity index (χ0n) is 15.6. The number of amides is 1. The van der Waals surface area contributed by atoms with Crippen molar-refractivity contribution in [3.63, 3.8) is 0 Å². The maximum Gasteiger partial charge on any atom is 0.269 e. The van der Waals surface area contributed by atoms with Gasteiger partial charge in [0.2, 0.25) is 0 Å². The molecule has 1 amide bonds. The average Bonchev–Trinajstić information content (AvgIpc) is 3.00. The number of nitriles is 2. The highest BCUT2D eigenvalue weighted by Crippen LogP contribution is 2.38. The predicted molar refractivity (Wildman–Crippen MR) is 104 cm³/mol. The molecule has 2 aromatic carbocycles. The highest BCUT2D eigenvalue weighted by molar-refractivity contribution is 6.07. The van der Waals surface area contributed by atoms with Crippen LogP contribution in [0, 0.1) is 44.6 Å². The van der Waals surface area contributed by atoms with E-state index in [1.54, 1.807) is 13.0 Å². The third-order valence-electron chi connectivity index (χ3n) is 4.89. The summed E-state index contributed by atoms with van der Waals surface area (Å²) in [7, 11) is 0. The summed E-state index contributed by atoms with van der Waals surface area (Å²) in [6, 6.07) is 18.9. The largest absolute Gasteiger partial charge is 0.272 e. The number of hydrogen-bond donors (Lipinski definition) is 0. The van der Waals surface area contributed by atoms with Crippen LogP contribution >= 0.6 is 0 Å². The smallest absolute Gasteiger partial charge is 0.269 e. The number of rotatable bonds is 6. The summed E-state index contributed by atoms with van der Waals surface area (Å²) in [6.07, 6.45) is 0. The summed E-state index contributed by atoms with van der Waals surface area (Å²) in [5, 5.41) is 35.8. The van der Waals surface area contributed by atoms with E-state index in [1.807, 2.05) is 42.5 Å². The number of hydrazone groups is 1. The summed E-state index contributed by atoms with van der Waals surface area (Å²) in [6.45, 7) is 1.93. The third-order valence-corrected chi connectivity index (χ3v) is 4.89. The standard InChI is InChI=1S/C21H17N5O3/c1-14-19(21(27)25(24-14)13-15-6-3-2-4-7-15)20(17(11-22)12-23)16-8-5-9-18(10-16)26(28)29/h2-10,17,19-20H,13H2,1H3/t19-,20+/m0/s1. The number of nitrogens with zero attached hydrogens (tertiary/aromatic N) is 5. The van der Waals surface area contributed by atoms with Crippen molar-refractivity contribution in [2.45, 2.75) is 19.4 Å². The minimum Gasteiger partial charge on any atom is -0.272 e. The monoisotopic (exact) mass is 387 g/mol. The Kier molecular flexibility index (Phi) is 5.66. The van der Waals surface area contributed by atoms with Gasteiger partial charge in [-0.1, -0.05) is 42.5 Å². The molecule has 0 unspecified atom stereocenters. The number of nitro benzene ring substituents is 1. The minimum absolute atomic E-state index is 0.164. The quantitative estimate of drug-likeness (QED) is 0.555. The molecule has 0 spiro atoms. The molecule has 8 nitrogen and oxygen atoms in total. The minimum atomic E-state index is -1.16. The van der Waals surface area contributed by atoms with Gasteiger partial charge in [-0.3, -0.25) is 14.9 Å². The Balaban J connectivity index is 1.99. The second-order valence-electron chi connectivity index (χ2n) is 6.71. The van der Waals surface area contributed by atoms with E-state index < -0.39 is 22.7 Å². The Morgan fingerprint density at radius 1 is 1.17 bits per heavy atom. The van der Waals surface area contributed by atoms with E-state index in [-0.39, 0.29) is 18.1 Å². The van der Waals surface area contributed by atoms with E-state index in [1.165, 1.54) is 23.2 Å². The summed E-state index contributed by atoms with van der Waals surface area (Å²) in [4.78, 5) is 23.8. The first-order valence-electron chi connectivity index (χ1n) is 8.90. The molecule has 29 heavy (non-hydrogen) atoms. The van der Waals surface area contributed by atoms with Crippen LogP contribution in [0.4, 0.5) is 5.69 Å². The number of carbonyl (C=O) groups is 1. The Hall–Kier alpha value is -4.04. The molecule has 1 heterocycles. The van der Waals surface area contributed by atoms with Crippen molar-refractivity contribution in [3.05, 3.63) is 75.8 Å². The maximum atomic E-state index is 13.1. The van der Waals surface area contributed by atoms with Gasteiger partial charge in [0, 0.05) is 23.8 Å². The van der Waals surface area contributed by atoms with Gasteiger partial charge < -0.3 is 0 Å². The number of benzene rings is 2. The van der Waals surface area contributed by atoms with Crippen molar-refractivity contribution in [1.82, 2.24) is 5.01 Å². The predicted octanol–water partition coefficient (Wildman–Crippen LogP) is 3.38. The normalized spacial score (nSPS) is 16.8. The lowest BCUT2D eigenvalue weighted by Gasteiger charge is -2.24. The summed E-state index contributed by atoms with van der Waals surface area (Å²) < 4.78 is 0. The lowest BCUT2D eigenvalue weighted by molar-refractivity contribution is -0.384. The molecule has 0 N–H and O–H groups in total. The van der Waals surface area contributed by atoms with Crippen molar-refractivity contribution in [2.75, 3.05) is 0 Å². The first-order chi connectivity index (χ1) is 14.0. The van der Waals surface area contributed by atoms with Gasteiger partial charge in [0.1, 0.15) is 5.92 Å². The number of non-ortho nitro benzene ring substituents is 1. The molecule has 0 saturated carbocycles. The van der Waals surface area contributed by atoms with Crippen LogP contribution in [0.1, 0.15) is 24.0 Å². The fourth-order valence-electron chi connectivity index (χ4n) is 3.54. The molecule has 0 fully saturated rings. The molecule has 0 aromatic heterocycles. The lowest BCUT2D eigenvalue weighted by atomic mass is 9.75. The van der Waals surface area contributed by atoms with Crippen LogP contribution in [0.2, 0.25) is 0 Å². The zero-order valence-corrected chi connectivity index (χ0v) is 15.6. The molecule has 2 atom stereocenters. The van der Waals surface area contributed by atoms with E-state index in [0.717, 1.165) is 5.56 Å². The van der Waals surface area contributed by atoms with E-state index in [0.29, 0.717) is 11.3 Å². The molecular formula is C21H17N5O3.